The van der Waals surface area contributed by atoms with E-state index in [-0.39, 0.29) is 11.9 Å². The number of nitrogens with one attached hydrogen (secondary N) is 1. The molecule has 4 nitrogen and oxygen atoms in total. The van der Waals surface area contributed by atoms with Gasteiger partial charge in [-0.05, 0) is 34.8 Å². The number of alkyl halides is 3. The number of hydrogen-bond donors (Lipinski definition) is 1. The van der Waals surface area contributed by atoms with Gasteiger partial charge in [-0.3, -0.25) is 4.79 Å². The molecule has 1 fully saturated rings. The first kappa shape index (κ1) is 19.0. The van der Waals surface area contributed by atoms with E-state index in [1.54, 1.807) is 0 Å². The average molecular weight is 408 g/mol. The molecule has 1 aliphatic rings. The predicted octanol–water partition coefficient (Wildman–Crippen LogP) is 3.99. The molecule has 24 heavy (non-hydrogen) atoms. The lowest BCUT2D eigenvalue weighted by molar-refractivity contribution is -0.137. The highest BCUT2D eigenvalue weighted by Gasteiger charge is 2.32. The van der Waals surface area contributed by atoms with Crippen LogP contribution in [0.15, 0.2) is 16.7 Å². The second-order valence-corrected chi connectivity index (χ2v) is 7.87. The van der Waals surface area contributed by atoms with E-state index in [9.17, 15) is 18.0 Å². The monoisotopic (exact) mass is 407 g/mol. The van der Waals surface area contributed by atoms with Gasteiger partial charge in [0.1, 0.15) is 5.82 Å². The molecule has 0 aromatic carbocycles. The first-order valence-electron chi connectivity index (χ1n) is 7.77. The van der Waals surface area contributed by atoms with Crippen molar-refractivity contribution in [2.75, 3.05) is 18.0 Å². The zero-order valence-electron chi connectivity index (χ0n) is 13.9. The molecule has 1 saturated heterocycles. The van der Waals surface area contributed by atoms with Crippen LogP contribution in [0.3, 0.4) is 0 Å². The predicted molar refractivity (Wildman–Crippen MR) is 89.8 cm³/mol. The highest BCUT2D eigenvalue weighted by atomic mass is 79.9. The van der Waals surface area contributed by atoms with Crippen molar-refractivity contribution in [3.63, 3.8) is 0 Å². The summed E-state index contributed by atoms with van der Waals surface area (Å²) in [5.41, 5.74) is -1.21. The maximum atomic E-state index is 12.7. The number of rotatable bonds is 2. The molecule has 0 aliphatic carbocycles. The lowest BCUT2D eigenvalue weighted by Crippen LogP contribution is -2.48. The molecule has 0 radical (unpaired) electrons. The molecule has 1 amide bonds. The van der Waals surface area contributed by atoms with Crippen LogP contribution in [0, 0.1) is 5.41 Å². The topological polar surface area (TPSA) is 45.2 Å². The summed E-state index contributed by atoms with van der Waals surface area (Å²) in [6.45, 7) is 6.85. The van der Waals surface area contributed by atoms with Crippen LogP contribution in [0.1, 0.15) is 39.2 Å². The molecule has 1 aromatic heterocycles. The Morgan fingerprint density at radius 3 is 2.33 bits per heavy atom. The smallest absolute Gasteiger partial charge is 0.356 e. The molecule has 2 heterocycles. The second-order valence-electron chi connectivity index (χ2n) is 7.01. The van der Waals surface area contributed by atoms with Gasteiger partial charge in [0.05, 0.1) is 10.0 Å². The normalized spacial score (nSPS) is 17.0. The number of carbonyl (C=O) groups is 1. The minimum Gasteiger partial charge on any atom is -0.356 e. The van der Waals surface area contributed by atoms with Gasteiger partial charge in [0, 0.05) is 30.7 Å². The van der Waals surface area contributed by atoms with Gasteiger partial charge in [-0.15, -0.1) is 0 Å². The number of aromatic nitrogens is 1. The van der Waals surface area contributed by atoms with Crippen LogP contribution in [-0.4, -0.2) is 30.0 Å². The van der Waals surface area contributed by atoms with E-state index in [2.05, 4.69) is 26.2 Å². The number of nitrogens with zero attached hydrogens (tertiary/aromatic N) is 2. The summed E-state index contributed by atoms with van der Waals surface area (Å²) in [5.74, 6) is 0.512. The first-order chi connectivity index (χ1) is 11.0. The van der Waals surface area contributed by atoms with Crippen LogP contribution in [0.2, 0.25) is 0 Å². The van der Waals surface area contributed by atoms with Gasteiger partial charge < -0.3 is 10.2 Å². The molecule has 8 heteroatoms. The molecular formula is C16H21BrF3N3O. The van der Waals surface area contributed by atoms with Crippen molar-refractivity contribution in [3.8, 4) is 0 Å². The van der Waals surface area contributed by atoms with E-state index in [4.69, 9.17) is 0 Å². The van der Waals surface area contributed by atoms with Crippen LogP contribution in [0.4, 0.5) is 19.0 Å². The van der Waals surface area contributed by atoms with E-state index in [0.29, 0.717) is 23.4 Å². The van der Waals surface area contributed by atoms with E-state index in [1.165, 1.54) is 0 Å². The van der Waals surface area contributed by atoms with Crippen LogP contribution < -0.4 is 10.2 Å². The summed E-state index contributed by atoms with van der Waals surface area (Å²) in [4.78, 5) is 17.9. The summed E-state index contributed by atoms with van der Waals surface area (Å²) < 4.78 is 38.4. The van der Waals surface area contributed by atoms with Gasteiger partial charge in [-0.25, -0.2) is 4.98 Å². The standard InChI is InChI=1S/C16H21BrF3N3O/c1-15(2,3)14(24)22-11-4-6-23(7-5-11)13-12(17)8-10(9-21-13)16(18,19)20/h8-9,11H,4-7H2,1-3H3,(H,22,24). The average Bonchev–Trinajstić information content (AvgIpc) is 2.46. The third-order valence-corrected chi connectivity index (χ3v) is 4.54. The SMILES string of the molecule is CC(C)(C)C(=O)NC1CCN(c2ncc(C(F)(F)F)cc2Br)CC1. The zero-order chi connectivity index (χ0) is 18.1. The second kappa shape index (κ2) is 6.90. The Bertz CT molecular complexity index is 606. The van der Waals surface area contributed by atoms with Gasteiger partial charge in [-0.2, -0.15) is 13.2 Å². The third kappa shape index (κ3) is 4.62. The fourth-order valence-corrected chi connectivity index (χ4v) is 3.06. The number of carbonyl (C=O) groups excluding carboxylic acids is 1. The van der Waals surface area contributed by atoms with E-state index >= 15 is 0 Å². The molecular weight excluding hydrogens is 387 g/mol. The van der Waals surface area contributed by atoms with Crippen LogP contribution in [0.25, 0.3) is 0 Å². The van der Waals surface area contributed by atoms with Crippen molar-refractivity contribution < 1.29 is 18.0 Å². The Kier molecular flexibility index (Phi) is 5.47. The fraction of sp³-hybridized carbons (Fsp3) is 0.625. The number of pyridine rings is 1. The number of hydrogen-bond acceptors (Lipinski definition) is 3. The van der Waals surface area contributed by atoms with Crippen LogP contribution in [0.5, 0.6) is 0 Å². The van der Waals surface area contributed by atoms with Crippen LogP contribution in [-0.2, 0) is 11.0 Å². The molecule has 0 spiro atoms. The van der Waals surface area contributed by atoms with Crippen molar-refractivity contribution in [2.24, 2.45) is 5.41 Å². The van der Waals surface area contributed by atoms with E-state index < -0.39 is 17.2 Å². The van der Waals surface area contributed by atoms with Crippen molar-refractivity contribution in [1.29, 1.82) is 0 Å². The third-order valence-electron chi connectivity index (χ3n) is 3.96. The number of amides is 1. The lowest BCUT2D eigenvalue weighted by atomic mass is 9.94. The fourth-order valence-electron chi connectivity index (χ4n) is 2.46. The molecule has 134 valence electrons. The Balaban J connectivity index is 1.99. The van der Waals surface area contributed by atoms with Crippen molar-refractivity contribution in [2.45, 2.75) is 45.8 Å². The summed E-state index contributed by atoms with van der Waals surface area (Å²) in [5, 5.41) is 3.03. The highest BCUT2D eigenvalue weighted by Crippen LogP contribution is 2.34. The molecule has 1 aliphatic heterocycles. The Labute approximate surface area is 147 Å². The summed E-state index contributed by atoms with van der Waals surface area (Å²) in [6.07, 6.45) is -2.08. The molecule has 1 aromatic rings. The molecule has 0 atom stereocenters. The van der Waals surface area contributed by atoms with Gasteiger partial charge >= 0.3 is 6.18 Å². The number of halogens is 4. The van der Waals surface area contributed by atoms with E-state index in [0.717, 1.165) is 25.1 Å². The zero-order valence-corrected chi connectivity index (χ0v) is 15.5. The number of piperidine rings is 1. The minimum atomic E-state index is -4.40. The van der Waals surface area contributed by atoms with Crippen LogP contribution >= 0.6 is 15.9 Å². The van der Waals surface area contributed by atoms with Crippen molar-refractivity contribution in [3.05, 3.63) is 22.3 Å². The van der Waals surface area contributed by atoms with E-state index in [1.807, 2.05) is 25.7 Å². The maximum absolute atomic E-state index is 12.7. The van der Waals surface area contributed by atoms with Gasteiger partial charge in [0.15, 0.2) is 0 Å². The number of anilines is 1. The summed E-state index contributed by atoms with van der Waals surface area (Å²) >= 11 is 3.18. The largest absolute Gasteiger partial charge is 0.417 e. The van der Waals surface area contributed by atoms with Gasteiger partial charge in [0.2, 0.25) is 5.91 Å². The van der Waals surface area contributed by atoms with Gasteiger partial charge in [0.25, 0.3) is 0 Å². The Morgan fingerprint density at radius 2 is 1.88 bits per heavy atom. The van der Waals surface area contributed by atoms with Gasteiger partial charge in [-0.1, -0.05) is 20.8 Å². The molecule has 0 unspecified atom stereocenters. The molecule has 1 N–H and O–H groups in total. The minimum absolute atomic E-state index is 0.00906. The molecule has 0 bridgehead atoms. The molecule has 0 saturated carbocycles. The summed E-state index contributed by atoms with van der Waals surface area (Å²) in [7, 11) is 0. The maximum Gasteiger partial charge on any atom is 0.417 e. The molecule has 2 rings (SSSR count). The highest BCUT2D eigenvalue weighted by molar-refractivity contribution is 9.10. The first-order valence-corrected chi connectivity index (χ1v) is 8.56. The van der Waals surface area contributed by atoms with Crippen molar-refractivity contribution in [1.82, 2.24) is 10.3 Å². The summed E-state index contributed by atoms with van der Waals surface area (Å²) in [6, 6.07) is 1.14. The lowest BCUT2D eigenvalue weighted by Gasteiger charge is -2.34. The van der Waals surface area contributed by atoms with Crippen molar-refractivity contribution >= 4 is 27.7 Å². The Morgan fingerprint density at radius 1 is 1.29 bits per heavy atom. The quantitative estimate of drug-likeness (QED) is 0.805. The Hall–Kier alpha value is -1.31.